The quantitative estimate of drug-likeness (QED) is 0.896. The van der Waals surface area contributed by atoms with Crippen LogP contribution in [0.1, 0.15) is 16.1 Å². The normalized spacial score (nSPS) is 10.5. The number of halogens is 2. The summed E-state index contributed by atoms with van der Waals surface area (Å²) in [4.78, 5) is 10.7. The second-order valence-corrected chi connectivity index (χ2v) is 4.41. The highest BCUT2D eigenvalue weighted by Gasteiger charge is 2.13. The van der Waals surface area contributed by atoms with Gasteiger partial charge in [0.25, 0.3) is 0 Å². The molecule has 0 amide bonds. The maximum Gasteiger partial charge on any atom is 0.353 e. The summed E-state index contributed by atoms with van der Waals surface area (Å²) in [5.74, 6) is -1.44. The molecule has 88 valence electrons. The monoisotopic (exact) mass is 298 g/mol. The Balaban J connectivity index is 2.52. The molecule has 0 saturated heterocycles. The summed E-state index contributed by atoms with van der Waals surface area (Å²) in [5, 5.41) is 15.1. The number of aryl methyl sites for hydroxylation is 1. The predicted molar refractivity (Wildman–Crippen MR) is 63.4 cm³/mol. The molecule has 0 aliphatic rings. The van der Waals surface area contributed by atoms with E-state index in [1.807, 2.05) is 0 Å². The first-order valence-corrected chi connectivity index (χ1v) is 5.53. The molecular weight excluding hydrogens is 291 g/mol. The molecule has 1 aromatic carbocycles. The Morgan fingerprint density at radius 3 is 2.76 bits per heavy atom. The van der Waals surface area contributed by atoms with Crippen LogP contribution in [0.5, 0.6) is 0 Å². The SMILES string of the molecule is Cc1cc(F)c(Br)cc1-c1cc(C(=O)O)[nH]n1. The number of rotatable bonds is 2. The van der Waals surface area contributed by atoms with Crippen LogP contribution in [0.15, 0.2) is 22.7 Å². The fraction of sp³-hybridized carbons (Fsp3) is 0.0909. The van der Waals surface area contributed by atoms with Crippen LogP contribution in [-0.4, -0.2) is 21.3 Å². The molecule has 2 N–H and O–H groups in total. The molecule has 17 heavy (non-hydrogen) atoms. The molecule has 0 aliphatic carbocycles. The van der Waals surface area contributed by atoms with Gasteiger partial charge in [-0.2, -0.15) is 5.10 Å². The van der Waals surface area contributed by atoms with Gasteiger partial charge in [-0.3, -0.25) is 5.10 Å². The maximum absolute atomic E-state index is 13.2. The molecule has 1 heterocycles. The lowest BCUT2D eigenvalue weighted by atomic mass is 10.1. The van der Waals surface area contributed by atoms with Crippen LogP contribution in [0.4, 0.5) is 4.39 Å². The number of nitrogens with zero attached hydrogens (tertiary/aromatic N) is 1. The molecule has 0 fully saturated rings. The fourth-order valence-electron chi connectivity index (χ4n) is 1.49. The second-order valence-electron chi connectivity index (χ2n) is 3.55. The fourth-order valence-corrected chi connectivity index (χ4v) is 1.83. The van der Waals surface area contributed by atoms with E-state index in [9.17, 15) is 9.18 Å². The zero-order valence-electron chi connectivity index (χ0n) is 8.79. The summed E-state index contributed by atoms with van der Waals surface area (Å²) in [5.41, 5.74) is 1.84. The lowest BCUT2D eigenvalue weighted by Crippen LogP contribution is -1.95. The molecule has 6 heteroatoms. The van der Waals surface area contributed by atoms with Crippen molar-refractivity contribution in [2.24, 2.45) is 0 Å². The first kappa shape index (κ1) is 11.8. The summed E-state index contributed by atoms with van der Waals surface area (Å²) >= 11 is 3.08. The van der Waals surface area contributed by atoms with Crippen LogP contribution in [-0.2, 0) is 0 Å². The molecule has 0 atom stereocenters. The van der Waals surface area contributed by atoms with Gasteiger partial charge in [0.1, 0.15) is 11.5 Å². The minimum atomic E-state index is -1.08. The number of hydrogen-bond acceptors (Lipinski definition) is 2. The minimum Gasteiger partial charge on any atom is -0.477 e. The van der Waals surface area contributed by atoms with Crippen molar-refractivity contribution in [3.63, 3.8) is 0 Å². The van der Waals surface area contributed by atoms with Crippen LogP contribution < -0.4 is 0 Å². The number of benzene rings is 1. The largest absolute Gasteiger partial charge is 0.477 e. The third kappa shape index (κ3) is 2.21. The Morgan fingerprint density at radius 1 is 1.47 bits per heavy atom. The first-order chi connectivity index (χ1) is 7.99. The average molecular weight is 299 g/mol. The number of aromatic nitrogens is 2. The highest BCUT2D eigenvalue weighted by atomic mass is 79.9. The van der Waals surface area contributed by atoms with Crippen molar-refractivity contribution < 1.29 is 14.3 Å². The van der Waals surface area contributed by atoms with E-state index in [2.05, 4.69) is 26.1 Å². The maximum atomic E-state index is 13.2. The van der Waals surface area contributed by atoms with Gasteiger partial charge in [0.2, 0.25) is 0 Å². The van der Waals surface area contributed by atoms with E-state index < -0.39 is 5.97 Å². The smallest absolute Gasteiger partial charge is 0.353 e. The van der Waals surface area contributed by atoms with Crippen LogP contribution in [0.25, 0.3) is 11.3 Å². The summed E-state index contributed by atoms with van der Waals surface area (Å²) in [6, 6.07) is 4.36. The Morgan fingerprint density at radius 2 is 2.18 bits per heavy atom. The Kier molecular flexibility index (Phi) is 2.97. The summed E-state index contributed by atoms with van der Waals surface area (Å²) in [6.07, 6.45) is 0. The van der Waals surface area contributed by atoms with Crippen molar-refractivity contribution in [2.45, 2.75) is 6.92 Å². The number of H-pyrrole nitrogens is 1. The van der Waals surface area contributed by atoms with Gasteiger partial charge in [0.05, 0.1) is 10.2 Å². The molecule has 0 radical (unpaired) electrons. The van der Waals surface area contributed by atoms with Crippen molar-refractivity contribution in [3.05, 3.63) is 39.7 Å². The van der Waals surface area contributed by atoms with Crippen molar-refractivity contribution in [3.8, 4) is 11.3 Å². The first-order valence-electron chi connectivity index (χ1n) is 4.73. The number of aromatic amines is 1. The molecule has 0 bridgehead atoms. The topological polar surface area (TPSA) is 66.0 Å². The molecule has 0 spiro atoms. The molecule has 0 saturated carbocycles. The Labute approximate surface area is 105 Å². The number of carboxylic acids is 1. The van der Waals surface area contributed by atoms with Gasteiger partial charge in [0, 0.05) is 5.56 Å². The van der Waals surface area contributed by atoms with Gasteiger partial charge in [-0.1, -0.05) is 0 Å². The number of carbonyl (C=O) groups is 1. The number of hydrogen-bond donors (Lipinski definition) is 2. The summed E-state index contributed by atoms with van der Waals surface area (Å²) < 4.78 is 13.6. The second kappa shape index (κ2) is 4.29. The summed E-state index contributed by atoms with van der Waals surface area (Å²) in [6.45, 7) is 1.74. The van der Waals surface area contributed by atoms with Crippen LogP contribution >= 0.6 is 15.9 Å². The van der Waals surface area contributed by atoms with E-state index in [0.717, 1.165) is 0 Å². The molecule has 2 rings (SSSR count). The highest BCUT2D eigenvalue weighted by molar-refractivity contribution is 9.10. The third-order valence-corrected chi connectivity index (χ3v) is 2.96. The van der Waals surface area contributed by atoms with Crippen LogP contribution in [0, 0.1) is 12.7 Å². The lowest BCUT2D eigenvalue weighted by Gasteiger charge is -2.04. The van der Waals surface area contributed by atoms with Gasteiger partial charge in [-0.15, -0.1) is 0 Å². The minimum absolute atomic E-state index is 0.000141. The van der Waals surface area contributed by atoms with Gasteiger partial charge in [-0.25, -0.2) is 9.18 Å². The average Bonchev–Trinajstić information content (AvgIpc) is 2.72. The molecule has 0 unspecified atom stereocenters. The molecular formula is C11H8BrFN2O2. The zero-order chi connectivity index (χ0) is 12.6. The number of aromatic carboxylic acids is 1. The predicted octanol–water partition coefficient (Wildman–Crippen LogP) is 2.98. The molecule has 1 aromatic heterocycles. The Hall–Kier alpha value is -1.69. The molecule has 4 nitrogen and oxygen atoms in total. The van der Waals surface area contributed by atoms with E-state index in [-0.39, 0.29) is 11.5 Å². The molecule has 2 aromatic rings. The highest BCUT2D eigenvalue weighted by Crippen LogP contribution is 2.27. The zero-order valence-corrected chi connectivity index (χ0v) is 10.4. The van der Waals surface area contributed by atoms with Crippen LogP contribution in [0.2, 0.25) is 0 Å². The standard InChI is InChI=1S/C11H8BrFN2O2/c1-5-2-8(13)7(12)3-6(5)9-4-10(11(16)17)15-14-9/h2-4H,1H3,(H,14,15)(H,16,17). The number of carboxylic acid groups (broad SMARTS) is 1. The van der Waals surface area contributed by atoms with Gasteiger partial charge in [-0.05, 0) is 46.6 Å². The van der Waals surface area contributed by atoms with Crippen molar-refractivity contribution >= 4 is 21.9 Å². The van der Waals surface area contributed by atoms with Crippen molar-refractivity contribution in [1.29, 1.82) is 0 Å². The molecule has 0 aliphatic heterocycles. The van der Waals surface area contributed by atoms with E-state index >= 15 is 0 Å². The van der Waals surface area contributed by atoms with Crippen molar-refractivity contribution in [1.82, 2.24) is 10.2 Å². The Bertz CT molecular complexity index is 595. The van der Waals surface area contributed by atoms with Gasteiger partial charge in [0.15, 0.2) is 0 Å². The van der Waals surface area contributed by atoms with Crippen LogP contribution in [0.3, 0.4) is 0 Å². The third-order valence-electron chi connectivity index (χ3n) is 2.35. The van der Waals surface area contributed by atoms with E-state index in [0.29, 0.717) is 21.3 Å². The van der Waals surface area contributed by atoms with E-state index in [1.54, 1.807) is 13.0 Å². The van der Waals surface area contributed by atoms with E-state index in [1.165, 1.54) is 12.1 Å². The van der Waals surface area contributed by atoms with E-state index in [4.69, 9.17) is 5.11 Å². The van der Waals surface area contributed by atoms with Gasteiger partial charge >= 0.3 is 5.97 Å². The summed E-state index contributed by atoms with van der Waals surface area (Å²) in [7, 11) is 0. The van der Waals surface area contributed by atoms with Gasteiger partial charge < -0.3 is 5.11 Å². The lowest BCUT2D eigenvalue weighted by molar-refractivity contribution is 0.0690. The van der Waals surface area contributed by atoms with Crippen molar-refractivity contribution in [2.75, 3.05) is 0 Å². The number of nitrogens with one attached hydrogen (secondary N) is 1.